The first kappa shape index (κ1) is 15.7. The Hall–Kier alpha value is -1.32. The third-order valence-corrected chi connectivity index (χ3v) is 3.18. The van der Waals surface area contributed by atoms with Gasteiger partial charge in [-0.05, 0) is 37.6 Å². The molecule has 0 aliphatic heterocycles. The molecule has 0 aliphatic rings. The molecule has 1 atom stereocenters. The summed E-state index contributed by atoms with van der Waals surface area (Å²) >= 11 is 0. The number of aliphatic hydroxyl groups excluding tert-OH is 1. The monoisotopic (exact) mass is 262 g/mol. The lowest BCUT2D eigenvalue weighted by Crippen LogP contribution is -2.26. The number of nitrogens with one attached hydrogen (secondary N) is 1. The standard InChI is InChI=1S/C16H26N2O/c1-4-10-17-14(3)15-6-8-16(9-7-15)18(11-5-2)12-13-19/h5-9,14,17,19H,2,4,10-13H2,1,3H3. The second-order valence-corrected chi connectivity index (χ2v) is 4.73. The summed E-state index contributed by atoms with van der Waals surface area (Å²) in [6, 6.07) is 8.89. The SMILES string of the molecule is C=CCN(CCO)c1ccc(C(C)NCCC)cc1. The van der Waals surface area contributed by atoms with Crippen LogP contribution in [0.25, 0.3) is 0 Å². The number of anilines is 1. The van der Waals surface area contributed by atoms with Crippen molar-refractivity contribution >= 4 is 5.69 Å². The average molecular weight is 262 g/mol. The van der Waals surface area contributed by atoms with Gasteiger partial charge in [0.1, 0.15) is 0 Å². The summed E-state index contributed by atoms with van der Waals surface area (Å²) in [5, 5.41) is 12.6. The van der Waals surface area contributed by atoms with Crippen molar-refractivity contribution in [1.82, 2.24) is 5.32 Å². The number of nitrogens with zero attached hydrogens (tertiary/aromatic N) is 1. The van der Waals surface area contributed by atoms with Gasteiger partial charge in [-0.15, -0.1) is 6.58 Å². The Kier molecular flexibility index (Phi) is 7.23. The van der Waals surface area contributed by atoms with E-state index in [-0.39, 0.29) is 6.61 Å². The largest absolute Gasteiger partial charge is 0.395 e. The predicted molar refractivity (Wildman–Crippen MR) is 82.6 cm³/mol. The molecule has 1 aromatic rings. The molecular weight excluding hydrogens is 236 g/mol. The number of hydrogen-bond acceptors (Lipinski definition) is 3. The summed E-state index contributed by atoms with van der Waals surface area (Å²) < 4.78 is 0. The first-order valence-electron chi connectivity index (χ1n) is 7.03. The smallest absolute Gasteiger partial charge is 0.0606 e. The summed E-state index contributed by atoms with van der Waals surface area (Å²) in [6.45, 7) is 10.7. The molecule has 0 radical (unpaired) electrons. The van der Waals surface area contributed by atoms with Gasteiger partial charge in [-0.3, -0.25) is 0 Å². The second kappa shape index (κ2) is 8.73. The molecule has 0 bridgehead atoms. The third-order valence-electron chi connectivity index (χ3n) is 3.18. The molecule has 1 unspecified atom stereocenters. The minimum Gasteiger partial charge on any atom is -0.395 e. The Labute approximate surface area is 116 Å². The van der Waals surface area contributed by atoms with Gasteiger partial charge in [0.15, 0.2) is 0 Å². The van der Waals surface area contributed by atoms with Crippen LogP contribution < -0.4 is 10.2 Å². The van der Waals surface area contributed by atoms with Gasteiger partial charge < -0.3 is 15.3 Å². The van der Waals surface area contributed by atoms with Crippen molar-refractivity contribution in [3.63, 3.8) is 0 Å². The van der Waals surface area contributed by atoms with E-state index in [1.165, 1.54) is 5.56 Å². The average Bonchev–Trinajstić information content (AvgIpc) is 2.44. The van der Waals surface area contributed by atoms with Crippen molar-refractivity contribution in [3.05, 3.63) is 42.5 Å². The second-order valence-electron chi connectivity index (χ2n) is 4.73. The summed E-state index contributed by atoms with van der Waals surface area (Å²) in [5.74, 6) is 0. The third kappa shape index (κ3) is 5.05. The van der Waals surface area contributed by atoms with Crippen LogP contribution in [0.2, 0.25) is 0 Å². The number of aliphatic hydroxyl groups is 1. The van der Waals surface area contributed by atoms with Crippen LogP contribution in [0.4, 0.5) is 5.69 Å². The zero-order valence-corrected chi connectivity index (χ0v) is 12.1. The predicted octanol–water partition coefficient (Wildman–Crippen LogP) is 2.73. The van der Waals surface area contributed by atoms with E-state index >= 15 is 0 Å². The maximum atomic E-state index is 9.08. The van der Waals surface area contributed by atoms with Gasteiger partial charge in [0.2, 0.25) is 0 Å². The maximum absolute atomic E-state index is 9.08. The highest BCUT2D eigenvalue weighted by molar-refractivity contribution is 5.48. The first-order valence-corrected chi connectivity index (χ1v) is 7.03. The van der Waals surface area contributed by atoms with Gasteiger partial charge in [-0.25, -0.2) is 0 Å². The number of rotatable bonds is 9. The van der Waals surface area contributed by atoms with Crippen LogP contribution in [0.5, 0.6) is 0 Å². The Morgan fingerprint density at radius 3 is 2.58 bits per heavy atom. The van der Waals surface area contributed by atoms with Gasteiger partial charge in [-0.1, -0.05) is 25.1 Å². The lowest BCUT2D eigenvalue weighted by Gasteiger charge is -2.23. The highest BCUT2D eigenvalue weighted by atomic mass is 16.3. The molecule has 19 heavy (non-hydrogen) atoms. The zero-order valence-electron chi connectivity index (χ0n) is 12.1. The van der Waals surface area contributed by atoms with E-state index in [1.807, 2.05) is 6.08 Å². The Balaban J connectivity index is 2.70. The molecule has 0 saturated heterocycles. The van der Waals surface area contributed by atoms with Crippen LogP contribution in [0.1, 0.15) is 31.9 Å². The molecule has 0 fully saturated rings. The van der Waals surface area contributed by atoms with Crippen LogP contribution in [0.15, 0.2) is 36.9 Å². The van der Waals surface area contributed by atoms with Crippen LogP contribution >= 0.6 is 0 Å². The van der Waals surface area contributed by atoms with E-state index in [1.54, 1.807) is 0 Å². The van der Waals surface area contributed by atoms with Crippen LogP contribution in [-0.4, -0.2) is 31.3 Å². The van der Waals surface area contributed by atoms with Crippen molar-refractivity contribution < 1.29 is 5.11 Å². The zero-order chi connectivity index (χ0) is 14.1. The van der Waals surface area contributed by atoms with Gasteiger partial charge in [-0.2, -0.15) is 0 Å². The quantitative estimate of drug-likeness (QED) is 0.672. The minimum atomic E-state index is 0.157. The Bertz CT molecular complexity index is 362. The molecule has 0 amide bonds. The molecule has 3 nitrogen and oxygen atoms in total. The molecule has 106 valence electrons. The molecule has 1 aromatic carbocycles. The molecule has 1 rings (SSSR count). The highest BCUT2D eigenvalue weighted by Gasteiger charge is 2.07. The number of benzene rings is 1. The first-order chi connectivity index (χ1) is 9.22. The van der Waals surface area contributed by atoms with E-state index in [0.717, 1.165) is 25.2 Å². The van der Waals surface area contributed by atoms with Gasteiger partial charge in [0.25, 0.3) is 0 Å². The summed E-state index contributed by atoms with van der Waals surface area (Å²) in [6.07, 6.45) is 3.00. The van der Waals surface area contributed by atoms with E-state index in [4.69, 9.17) is 5.11 Å². The van der Waals surface area contributed by atoms with E-state index in [9.17, 15) is 0 Å². The van der Waals surface area contributed by atoms with E-state index < -0.39 is 0 Å². The molecule has 0 aromatic heterocycles. The molecular formula is C16H26N2O. The van der Waals surface area contributed by atoms with Crippen LogP contribution in [0, 0.1) is 0 Å². The molecule has 0 spiro atoms. The normalized spacial score (nSPS) is 12.2. The lowest BCUT2D eigenvalue weighted by atomic mass is 10.1. The van der Waals surface area contributed by atoms with Crippen molar-refractivity contribution in [1.29, 1.82) is 0 Å². The van der Waals surface area contributed by atoms with E-state index in [2.05, 4.69) is 54.9 Å². The Morgan fingerprint density at radius 2 is 2.05 bits per heavy atom. The van der Waals surface area contributed by atoms with Gasteiger partial charge in [0.05, 0.1) is 6.61 Å². The van der Waals surface area contributed by atoms with Crippen molar-refractivity contribution in [3.8, 4) is 0 Å². The summed E-state index contributed by atoms with van der Waals surface area (Å²) in [5.41, 5.74) is 2.42. The van der Waals surface area contributed by atoms with Gasteiger partial charge >= 0.3 is 0 Å². The van der Waals surface area contributed by atoms with Crippen LogP contribution in [0.3, 0.4) is 0 Å². The highest BCUT2D eigenvalue weighted by Crippen LogP contribution is 2.19. The Morgan fingerprint density at radius 1 is 1.37 bits per heavy atom. The summed E-state index contributed by atoms with van der Waals surface area (Å²) in [7, 11) is 0. The van der Waals surface area contributed by atoms with Crippen molar-refractivity contribution in [2.75, 3.05) is 31.1 Å². The van der Waals surface area contributed by atoms with Crippen molar-refractivity contribution in [2.24, 2.45) is 0 Å². The number of hydrogen-bond donors (Lipinski definition) is 2. The van der Waals surface area contributed by atoms with Crippen LogP contribution in [-0.2, 0) is 0 Å². The molecule has 2 N–H and O–H groups in total. The summed E-state index contributed by atoms with van der Waals surface area (Å²) in [4.78, 5) is 2.11. The van der Waals surface area contributed by atoms with Gasteiger partial charge in [0, 0.05) is 24.8 Å². The topological polar surface area (TPSA) is 35.5 Å². The minimum absolute atomic E-state index is 0.157. The molecule has 0 aliphatic carbocycles. The maximum Gasteiger partial charge on any atom is 0.0606 e. The fourth-order valence-electron chi connectivity index (χ4n) is 2.05. The molecule has 0 heterocycles. The molecule has 3 heteroatoms. The van der Waals surface area contributed by atoms with E-state index in [0.29, 0.717) is 12.6 Å². The molecule has 0 saturated carbocycles. The van der Waals surface area contributed by atoms with Crippen molar-refractivity contribution in [2.45, 2.75) is 26.3 Å². The fourth-order valence-corrected chi connectivity index (χ4v) is 2.05. The lowest BCUT2D eigenvalue weighted by molar-refractivity contribution is 0.303. The fraction of sp³-hybridized carbons (Fsp3) is 0.500.